The monoisotopic (exact) mass is 372 g/mol. The molecular formula is C14H20N4O6S. The van der Waals surface area contributed by atoms with Crippen LogP contribution in [0.15, 0.2) is 10.6 Å². The Kier molecular flexibility index (Phi) is 4.18. The van der Waals surface area contributed by atoms with Crippen molar-refractivity contribution in [2.24, 2.45) is 5.92 Å². The van der Waals surface area contributed by atoms with Gasteiger partial charge in [-0.05, 0) is 38.3 Å². The molecule has 0 radical (unpaired) electrons. The third kappa shape index (κ3) is 3.36. The van der Waals surface area contributed by atoms with Crippen LogP contribution in [-0.4, -0.2) is 59.8 Å². The fourth-order valence-electron chi connectivity index (χ4n) is 3.64. The minimum Gasteiger partial charge on any atom is -0.361 e. The first-order valence-electron chi connectivity index (χ1n) is 8.34. The van der Waals surface area contributed by atoms with Gasteiger partial charge in [0.1, 0.15) is 11.5 Å². The molecule has 4 rings (SSSR count). The third-order valence-electron chi connectivity index (χ3n) is 5.08. The molecule has 2 amide bonds. The second kappa shape index (κ2) is 6.24. The van der Waals surface area contributed by atoms with Gasteiger partial charge in [0.05, 0.1) is 12.1 Å². The van der Waals surface area contributed by atoms with Crippen molar-refractivity contribution in [2.45, 2.75) is 37.8 Å². The van der Waals surface area contributed by atoms with Crippen LogP contribution in [0.25, 0.3) is 0 Å². The highest BCUT2D eigenvalue weighted by Crippen LogP contribution is 2.38. The van der Waals surface area contributed by atoms with Crippen LogP contribution in [0.3, 0.4) is 0 Å². The summed E-state index contributed by atoms with van der Waals surface area (Å²) in [5.74, 6) is 1.47. The summed E-state index contributed by atoms with van der Waals surface area (Å²) in [6, 6.07) is 0.608. The molecule has 3 saturated heterocycles. The lowest BCUT2D eigenvalue weighted by Gasteiger charge is -2.28. The van der Waals surface area contributed by atoms with Gasteiger partial charge in [-0.2, -0.15) is 13.5 Å². The second-order valence-electron chi connectivity index (χ2n) is 6.79. The van der Waals surface area contributed by atoms with Crippen LogP contribution in [0.2, 0.25) is 0 Å². The molecule has 0 aromatic carbocycles. The van der Waals surface area contributed by atoms with E-state index in [1.165, 1.54) is 4.90 Å². The van der Waals surface area contributed by atoms with E-state index < -0.39 is 22.5 Å². The minimum absolute atomic E-state index is 0.276. The number of hydrogen-bond donors (Lipinski definition) is 2. The highest BCUT2D eigenvalue weighted by Gasteiger charge is 2.48. The minimum atomic E-state index is -4.73. The van der Waals surface area contributed by atoms with Crippen LogP contribution in [0.5, 0.6) is 0 Å². The molecule has 4 heterocycles. The van der Waals surface area contributed by atoms with Crippen LogP contribution in [0, 0.1) is 5.92 Å². The molecule has 10 nitrogen and oxygen atoms in total. The largest absolute Gasteiger partial charge is 0.418 e. The van der Waals surface area contributed by atoms with Crippen LogP contribution in [-0.2, 0) is 21.1 Å². The summed E-state index contributed by atoms with van der Waals surface area (Å²) in [4.78, 5) is 13.9. The molecule has 3 aliphatic heterocycles. The summed E-state index contributed by atoms with van der Waals surface area (Å²) in [6.07, 6.45) is 3.02. The first kappa shape index (κ1) is 16.8. The molecule has 11 heteroatoms. The van der Waals surface area contributed by atoms with Crippen molar-refractivity contribution in [2.75, 3.05) is 19.6 Å². The lowest BCUT2D eigenvalue weighted by Crippen LogP contribution is -2.42. The number of fused-ring (bicyclic) bond motifs is 2. The predicted octanol–water partition coefficient (Wildman–Crippen LogP) is 0.502. The van der Waals surface area contributed by atoms with Crippen molar-refractivity contribution >= 4 is 16.4 Å². The van der Waals surface area contributed by atoms with Gasteiger partial charge >= 0.3 is 16.4 Å². The number of aryl methyl sites for hydroxylation is 1. The normalized spacial score (nSPS) is 27.0. The highest BCUT2D eigenvalue weighted by molar-refractivity contribution is 7.80. The molecule has 1 aromatic heterocycles. The van der Waals surface area contributed by atoms with Gasteiger partial charge in [0, 0.05) is 19.0 Å². The van der Waals surface area contributed by atoms with Crippen molar-refractivity contribution in [3.63, 3.8) is 0 Å². The zero-order valence-electron chi connectivity index (χ0n) is 13.5. The van der Waals surface area contributed by atoms with E-state index in [4.69, 9.17) is 9.08 Å². The number of amides is 2. The second-order valence-corrected chi connectivity index (χ2v) is 7.80. The third-order valence-corrected chi connectivity index (χ3v) is 5.43. The molecule has 1 unspecified atom stereocenters. The number of nitrogens with one attached hydrogen (secondary N) is 1. The number of carbonyl (C=O) groups excluding carboxylic acids is 1. The van der Waals surface area contributed by atoms with E-state index in [2.05, 4.69) is 14.8 Å². The fraction of sp³-hybridized carbons (Fsp3) is 0.714. The van der Waals surface area contributed by atoms with Crippen molar-refractivity contribution in [3.8, 4) is 0 Å². The van der Waals surface area contributed by atoms with Gasteiger partial charge in [0.15, 0.2) is 0 Å². The highest BCUT2D eigenvalue weighted by atomic mass is 32.3. The van der Waals surface area contributed by atoms with Crippen LogP contribution < -0.4 is 5.32 Å². The van der Waals surface area contributed by atoms with Gasteiger partial charge < -0.3 is 14.7 Å². The molecule has 0 aliphatic carbocycles. The lowest BCUT2D eigenvalue weighted by molar-refractivity contribution is -0.0317. The maximum atomic E-state index is 12.4. The Labute approximate surface area is 145 Å². The summed E-state index contributed by atoms with van der Waals surface area (Å²) >= 11 is 0. The van der Waals surface area contributed by atoms with Crippen molar-refractivity contribution in [3.05, 3.63) is 17.5 Å². The number of aromatic nitrogens is 1. The van der Waals surface area contributed by atoms with E-state index in [0.29, 0.717) is 31.0 Å². The molecule has 2 N–H and O–H groups in total. The van der Waals surface area contributed by atoms with Gasteiger partial charge in [0.25, 0.3) is 0 Å². The van der Waals surface area contributed by atoms with Crippen molar-refractivity contribution in [1.82, 2.24) is 20.4 Å². The summed E-state index contributed by atoms with van der Waals surface area (Å²) < 4.78 is 40.5. The van der Waals surface area contributed by atoms with Crippen molar-refractivity contribution in [1.29, 1.82) is 0 Å². The number of rotatable bonds is 6. The van der Waals surface area contributed by atoms with E-state index in [0.717, 1.165) is 36.8 Å². The van der Waals surface area contributed by atoms with E-state index in [1.54, 1.807) is 0 Å². The van der Waals surface area contributed by atoms with Gasteiger partial charge in [-0.15, -0.1) is 4.28 Å². The standard InChI is InChI=1S/C14H20N4O6S/c19-14-17-8-10(18(14)24-25(20,21)22)2-4-13(17)12-5-11(23-16-12)3-1-9-6-15-7-9/h5,9-10,13,15H,1-4,6-8H2,(H,20,21,22)/t10?,13-/m0/s1. The number of piperidine rings is 1. The molecule has 25 heavy (non-hydrogen) atoms. The Morgan fingerprint density at radius 1 is 1.40 bits per heavy atom. The Morgan fingerprint density at radius 2 is 2.20 bits per heavy atom. The molecule has 3 aliphatic rings. The smallest absolute Gasteiger partial charge is 0.361 e. The quantitative estimate of drug-likeness (QED) is 0.692. The van der Waals surface area contributed by atoms with E-state index in [9.17, 15) is 13.2 Å². The van der Waals surface area contributed by atoms with E-state index >= 15 is 0 Å². The predicted molar refractivity (Wildman–Crippen MR) is 83.5 cm³/mol. The SMILES string of the molecule is O=C1N(OS(=O)(=O)O)C2CC[C@@H](c3cc(CCC4CNC4)on3)N1C2. The number of hydrogen-bond acceptors (Lipinski definition) is 7. The number of hydroxylamine groups is 2. The van der Waals surface area contributed by atoms with Crippen LogP contribution in [0.1, 0.15) is 36.8 Å². The zero-order chi connectivity index (χ0) is 17.6. The molecular weight excluding hydrogens is 352 g/mol. The van der Waals surface area contributed by atoms with Crippen molar-refractivity contribution < 1.29 is 26.6 Å². The molecule has 3 fully saturated rings. The zero-order valence-corrected chi connectivity index (χ0v) is 14.3. The molecule has 0 spiro atoms. The number of carbonyl (C=O) groups is 1. The average molecular weight is 372 g/mol. The summed E-state index contributed by atoms with van der Waals surface area (Å²) in [5.41, 5.74) is 0.669. The molecule has 2 atom stereocenters. The molecule has 1 aromatic rings. The Morgan fingerprint density at radius 3 is 2.88 bits per heavy atom. The molecule has 138 valence electrons. The Hall–Kier alpha value is -1.69. The molecule has 2 bridgehead atoms. The number of urea groups is 1. The first-order chi connectivity index (χ1) is 11.9. The van der Waals surface area contributed by atoms with E-state index in [-0.39, 0.29) is 6.04 Å². The Bertz CT molecular complexity index is 761. The Balaban J connectivity index is 1.43. The van der Waals surface area contributed by atoms with Gasteiger partial charge in [-0.1, -0.05) is 5.16 Å². The van der Waals surface area contributed by atoms with E-state index in [1.807, 2.05) is 6.07 Å². The average Bonchev–Trinajstić information content (AvgIpc) is 3.05. The van der Waals surface area contributed by atoms with Gasteiger partial charge in [-0.3, -0.25) is 4.55 Å². The summed E-state index contributed by atoms with van der Waals surface area (Å²) in [6.45, 7) is 2.41. The fourth-order valence-corrected chi connectivity index (χ4v) is 4.03. The van der Waals surface area contributed by atoms with Gasteiger partial charge in [-0.25, -0.2) is 4.79 Å². The number of nitrogens with zero attached hydrogens (tertiary/aromatic N) is 3. The topological polar surface area (TPSA) is 125 Å². The maximum Gasteiger partial charge on any atom is 0.418 e. The van der Waals surface area contributed by atoms with Crippen LogP contribution in [0.4, 0.5) is 4.79 Å². The molecule has 0 saturated carbocycles. The summed E-state index contributed by atoms with van der Waals surface area (Å²) in [7, 11) is -4.73. The first-order valence-corrected chi connectivity index (χ1v) is 9.70. The summed E-state index contributed by atoms with van der Waals surface area (Å²) in [5, 5.41) is 8.07. The lowest BCUT2D eigenvalue weighted by atomic mass is 9.96. The van der Waals surface area contributed by atoms with Crippen LogP contribution >= 0.6 is 0 Å². The van der Waals surface area contributed by atoms with Gasteiger partial charge in [0.2, 0.25) is 0 Å². The maximum absolute atomic E-state index is 12.4.